The summed E-state index contributed by atoms with van der Waals surface area (Å²) in [4.78, 5) is 23.4. The van der Waals surface area contributed by atoms with Crippen LogP contribution in [0, 0.1) is 29.0 Å². The molecule has 6 heteroatoms. The molecule has 30 heavy (non-hydrogen) atoms. The summed E-state index contributed by atoms with van der Waals surface area (Å²) >= 11 is 0. The maximum absolute atomic E-state index is 14.8. The van der Waals surface area contributed by atoms with Crippen LogP contribution < -0.4 is 10.1 Å². The third kappa shape index (κ3) is 3.69. The van der Waals surface area contributed by atoms with Gasteiger partial charge in [-0.3, -0.25) is 9.59 Å². The Morgan fingerprint density at radius 1 is 1.17 bits per heavy atom. The highest BCUT2D eigenvalue weighted by molar-refractivity contribution is 5.97. The van der Waals surface area contributed by atoms with Crippen molar-refractivity contribution in [3.05, 3.63) is 29.1 Å². The largest absolute Gasteiger partial charge is 0.493 e. The van der Waals surface area contributed by atoms with E-state index in [1.807, 2.05) is 0 Å². The van der Waals surface area contributed by atoms with Gasteiger partial charge in [0.25, 0.3) is 5.91 Å². The van der Waals surface area contributed by atoms with Crippen molar-refractivity contribution >= 4 is 11.9 Å². The fourth-order valence-corrected chi connectivity index (χ4v) is 6.62. The van der Waals surface area contributed by atoms with E-state index in [2.05, 4.69) is 5.32 Å². The number of nitrogens with one attached hydrogen (secondary N) is 1. The lowest BCUT2D eigenvalue weighted by molar-refractivity contribution is -0.138. The van der Waals surface area contributed by atoms with E-state index in [9.17, 15) is 14.0 Å². The number of aliphatic carboxylic acids is 1. The van der Waals surface area contributed by atoms with E-state index < -0.39 is 23.7 Å². The maximum Gasteiger partial charge on any atom is 0.325 e. The lowest BCUT2D eigenvalue weighted by Gasteiger charge is -2.56. The van der Waals surface area contributed by atoms with E-state index in [1.54, 1.807) is 6.07 Å². The van der Waals surface area contributed by atoms with Crippen molar-refractivity contribution in [2.45, 2.75) is 70.3 Å². The number of ether oxygens (including phenoxy) is 1. The van der Waals surface area contributed by atoms with E-state index in [0.29, 0.717) is 18.3 Å². The van der Waals surface area contributed by atoms with E-state index in [1.165, 1.54) is 51.5 Å². The zero-order chi connectivity index (χ0) is 21.0. The summed E-state index contributed by atoms with van der Waals surface area (Å²) in [7, 11) is 0. The Labute approximate surface area is 176 Å². The highest BCUT2D eigenvalue weighted by Gasteiger charge is 2.51. The van der Waals surface area contributed by atoms with Crippen LogP contribution in [0.15, 0.2) is 12.1 Å². The molecule has 4 bridgehead atoms. The van der Waals surface area contributed by atoms with Gasteiger partial charge in [-0.15, -0.1) is 0 Å². The second-order valence-electron chi connectivity index (χ2n) is 10.4. The van der Waals surface area contributed by atoms with Gasteiger partial charge in [0.05, 0.1) is 12.2 Å². The van der Waals surface area contributed by atoms with Crippen LogP contribution in [0.2, 0.25) is 0 Å². The molecule has 5 nitrogen and oxygen atoms in total. The van der Waals surface area contributed by atoms with Crippen LogP contribution in [0.5, 0.6) is 5.75 Å². The summed E-state index contributed by atoms with van der Waals surface area (Å²) < 4.78 is 21.1. The van der Waals surface area contributed by atoms with Crippen molar-refractivity contribution in [1.82, 2.24) is 5.32 Å². The minimum absolute atomic E-state index is 0.104. The Balaban J connectivity index is 1.35. The number of hydrogen-bond acceptors (Lipinski definition) is 3. The van der Waals surface area contributed by atoms with E-state index in [0.717, 1.165) is 36.2 Å². The van der Waals surface area contributed by atoms with Gasteiger partial charge in [-0.05, 0) is 93.6 Å². The smallest absolute Gasteiger partial charge is 0.325 e. The molecular weight excluding hydrogens is 385 g/mol. The molecule has 0 unspecified atom stereocenters. The Bertz CT molecular complexity index is 843. The van der Waals surface area contributed by atoms with Crippen LogP contribution in [0.4, 0.5) is 4.39 Å². The lowest BCUT2D eigenvalue weighted by Crippen LogP contribution is -2.48. The van der Waals surface area contributed by atoms with Gasteiger partial charge in [-0.1, -0.05) is 0 Å². The summed E-state index contributed by atoms with van der Waals surface area (Å²) in [5, 5.41) is 11.3. The molecule has 5 saturated carbocycles. The number of amides is 1. The fraction of sp³-hybridized carbons (Fsp3) is 0.667. The van der Waals surface area contributed by atoms with Gasteiger partial charge in [-0.25, -0.2) is 4.39 Å². The molecule has 0 spiro atoms. The van der Waals surface area contributed by atoms with Gasteiger partial charge in [-0.2, -0.15) is 0 Å². The second-order valence-corrected chi connectivity index (χ2v) is 10.4. The van der Waals surface area contributed by atoms with Gasteiger partial charge in [0.15, 0.2) is 0 Å². The first-order valence-corrected chi connectivity index (χ1v) is 11.3. The predicted molar refractivity (Wildman–Crippen MR) is 109 cm³/mol. The minimum atomic E-state index is -1.15. The molecule has 1 amide bonds. The monoisotopic (exact) mass is 415 g/mol. The molecule has 1 atom stereocenters. The topological polar surface area (TPSA) is 75.6 Å². The number of carboxylic acid groups (broad SMARTS) is 1. The average molecular weight is 416 g/mol. The van der Waals surface area contributed by atoms with E-state index in [-0.39, 0.29) is 11.0 Å². The minimum Gasteiger partial charge on any atom is -0.493 e. The van der Waals surface area contributed by atoms with Crippen LogP contribution >= 0.6 is 0 Å². The van der Waals surface area contributed by atoms with Crippen LogP contribution in [-0.4, -0.2) is 29.6 Å². The Morgan fingerprint density at radius 2 is 1.77 bits per heavy atom. The van der Waals surface area contributed by atoms with Gasteiger partial charge in [0.1, 0.15) is 17.6 Å². The Hall–Kier alpha value is -2.11. The number of hydrogen-bond donors (Lipinski definition) is 2. The number of carbonyl (C=O) groups is 2. The van der Waals surface area contributed by atoms with Crippen molar-refractivity contribution in [3.63, 3.8) is 0 Å². The number of rotatable bonds is 7. The maximum atomic E-state index is 14.8. The van der Waals surface area contributed by atoms with Crippen molar-refractivity contribution in [2.75, 3.05) is 6.61 Å². The molecule has 0 saturated heterocycles. The molecule has 0 aliphatic heterocycles. The molecule has 5 aliphatic rings. The lowest BCUT2D eigenvalue weighted by atomic mass is 9.50. The van der Waals surface area contributed by atoms with E-state index in [4.69, 9.17) is 9.84 Å². The fourth-order valence-electron chi connectivity index (χ4n) is 6.62. The van der Waals surface area contributed by atoms with E-state index >= 15 is 0 Å². The van der Waals surface area contributed by atoms with Crippen molar-refractivity contribution in [1.29, 1.82) is 0 Å². The molecule has 162 valence electrons. The molecule has 5 aliphatic carbocycles. The third-order valence-electron chi connectivity index (χ3n) is 7.78. The molecule has 6 rings (SSSR count). The molecule has 1 aromatic rings. The van der Waals surface area contributed by atoms with Crippen LogP contribution in [-0.2, 0) is 4.79 Å². The second kappa shape index (κ2) is 7.24. The number of halogens is 1. The third-order valence-corrected chi connectivity index (χ3v) is 7.78. The molecular formula is C24H30FNO4. The zero-order valence-corrected chi connectivity index (χ0v) is 17.5. The highest BCUT2D eigenvalue weighted by atomic mass is 19.1. The van der Waals surface area contributed by atoms with Crippen molar-refractivity contribution in [2.24, 2.45) is 23.2 Å². The van der Waals surface area contributed by atoms with Crippen LogP contribution in [0.3, 0.4) is 0 Å². The predicted octanol–water partition coefficient (Wildman–Crippen LogP) is 4.50. The van der Waals surface area contributed by atoms with Crippen molar-refractivity contribution < 1.29 is 23.8 Å². The Kier molecular flexibility index (Phi) is 4.79. The quantitative estimate of drug-likeness (QED) is 0.687. The number of carboxylic acids is 1. The molecule has 0 aromatic heterocycles. The number of carbonyl (C=O) groups excluding carboxylic acids is 1. The molecule has 0 radical (unpaired) electrons. The first-order valence-electron chi connectivity index (χ1n) is 11.3. The van der Waals surface area contributed by atoms with Crippen LogP contribution in [0.25, 0.3) is 0 Å². The first-order chi connectivity index (χ1) is 14.3. The first kappa shape index (κ1) is 19.8. The molecule has 0 heterocycles. The van der Waals surface area contributed by atoms with Gasteiger partial charge in [0, 0.05) is 11.5 Å². The zero-order valence-electron chi connectivity index (χ0n) is 17.5. The van der Waals surface area contributed by atoms with Gasteiger partial charge in [0.2, 0.25) is 0 Å². The molecule has 2 N–H and O–H groups in total. The summed E-state index contributed by atoms with van der Waals surface area (Å²) in [5.41, 5.74) is 1.01. The standard InChI is InChI=1S/C24H30FNO4/c1-13(23(28)29)26-22(27)19-7-18(17-2-3-17)21(8-20(19)25)30-12-24-9-14-4-15(10-24)6-16(5-14)11-24/h7-8,13-17H,2-6,9-12H2,1H3,(H,26,27)(H,28,29)/t13-,14?,15?,16?,24?/m0/s1. The summed E-state index contributed by atoms with van der Waals surface area (Å²) in [5.74, 6) is 0.855. The van der Waals surface area contributed by atoms with Crippen molar-refractivity contribution in [3.8, 4) is 5.75 Å². The summed E-state index contributed by atoms with van der Waals surface area (Å²) in [6.07, 6.45) is 9.83. The molecule has 1 aromatic carbocycles. The van der Waals surface area contributed by atoms with Crippen LogP contribution in [0.1, 0.15) is 80.1 Å². The average Bonchev–Trinajstić information content (AvgIpc) is 3.50. The highest BCUT2D eigenvalue weighted by Crippen LogP contribution is 2.60. The summed E-state index contributed by atoms with van der Waals surface area (Å²) in [6, 6.07) is 1.84. The summed E-state index contributed by atoms with van der Waals surface area (Å²) in [6.45, 7) is 2.00. The Morgan fingerprint density at radius 3 is 2.30 bits per heavy atom. The SMILES string of the molecule is C[C@H](NC(=O)c1cc(C2CC2)c(OCC23CC4CC(CC(C4)C2)C3)cc1F)C(=O)O. The molecule has 5 fully saturated rings. The van der Waals surface area contributed by atoms with Gasteiger partial charge >= 0.3 is 5.97 Å². The normalized spacial score (nSPS) is 32.7. The number of benzene rings is 1. The van der Waals surface area contributed by atoms with Gasteiger partial charge < -0.3 is 15.2 Å².